The molecule has 108 valence electrons. The first-order valence-electron chi connectivity index (χ1n) is 7.14. The molecule has 0 atom stereocenters. The quantitative estimate of drug-likeness (QED) is 0.931. The van der Waals surface area contributed by atoms with Crippen LogP contribution in [0.4, 0.5) is 5.82 Å². The lowest BCUT2D eigenvalue weighted by Crippen LogP contribution is -2.30. The molecule has 20 heavy (non-hydrogen) atoms. The molecule has 0 aliphatic carbocycles. The minimum absolute atomic E-state index is 0.824. The van der Waals surface area contributed by atoms with Crippen LogP contribution in [0.25, 0.3) is 5.65 Å². The van der Waals surface area contributed by atoms with Gasteiger partial charge in [-0.25, -0.2) is 9.97 Å². The molecule has 0 spiro atoms. The normalized spacial score (nSPS) is 17.7. The van der Waals surface area contributed by atoms with Crippen molar-refractivity contribution in [2.45, 2.75) is 19.3 Å². The highest BCUT2D eigenvalue weighted by Crippen LogP contribution is 2.21. The van der Waals surface area contributed by atoms with Crippen molar-refractivity contribution in [1.29, 1.82) is 0 Å². The zero-order chi connectivity index (χ0) is 13.9. The second-order valence-electron chi connectivity index (χ2n) is 5.53. The predicted octanol–water partition coefficient (Wildman–Crippen LogP) is 2.64. The van der Waals surface area contributed by atoms with E-state index in [1.807, 2.05) is 16.8 Å². The van der Waals surface area contributed by atoms with Crippen LogP contribution in [-0.2, 0) is 0 Å². The van der Waals surface area contributed by atoms with Gasteiger partial charge in [-0.05, 0) is 61.2 Å². The van der Waals surface area contributed by atoms with Crippen molar-refractivity contribution in [1.82, 2.24) is 19.3 Å². The molecule has 0 saturated carbocycles. The number of imidazole rings is 1. The first-order valence-corrected chi connectivity index (χ1v) is 7.93. The van der Waals surface area contributed by atoms with E-state index in [2.05, 4.69) is 43.2 Å². The van der Waals surface area contributed by atoms with E-state index in [1.165, 1.54) is 32.4 Å². The molecule has 6 heteroatoms. The largest absolute Gasteiger partial charge is 0.367 e. The van der Waals surface area contributed by atoms with E-state index in [0.717, 1.165) is 28.5 Å². The van der Waals surface area contributed by atoms with Crippen LogP contribution in [0.1, 0.15) is 19.3 Å². The topological polar surface area (TPSA) is 45.5 Å². The molecule has 3 heterocycles. The van der Waals surface area contributed by atoms with Crippen LogP contribution in [0.2, 0.25) is 0 Å². The number of halogens is 1. The molecule has 3 rings (SSSR count). The van der Waals surface area contributed by atoms with Crippen LogP contribution in [0.15, 0.2) is 23.2 Å². The van der Waals surface area contributed by atoms with E-state index in [4.69, 9.17) is 0 Å². The predicted molar refractivity (Wildman–Crippen MR) is 84.0 cm³/mol. The van der Waals surface area contributed by atoms with Crippen LogP contribution in [-0.4, -0.2) is 46.0 Å². The molecule has 0 aromatic carbocycles. The third-order valence-corrected chi connectivity index (χ3v) is 4.41. The van der Waals surface area contributed by atoms with E-state index in [9.17, 15) is 0 Å². The number of rotatable bonds is 4. The molecular weight excluding hydrogens is 318 g/mol. The summed E-state index contributed by atoms with van der Waals surface area (Å²) in [5, 5.41) is 3.44. The molecule has 0 bridgehead atoms. The molecule has 1 aliphatic rings. The lowest BCUT2D eigenvalue weighted by molar-refractivity contribution is 0.215. The van der Waals surface area contributed by atoms with Gasteiger partial charge in [-0.1, -0.05) is 0 Å². The summed E-state index contributed by atoms with van der Waals surface area (Å²) in [7, 11) is 2.20. The van der Waals surface area contributed by atoms with E-state index in [0.29, 0.717) is 0 Å². The van der Waals surface area contributed by atoms with Crippen LogP contribution in [0.5, 0.6) is 0 Å². The van der Waals surface area contributed by atoms with Crippen LogP contribution in [0.3, 0.4) is 0 Å². The van der Waals surface area contributed by atoms with Crippen LogP contribution in [0, 0.1) is 5.92 Å². The summed E-state index contributed by atoms with van der Waals surface area (Å²) in [4.78, 5) is 11.2. The third-order valence-electron chi connectivity index (χ3n) is 4.03. The molecular formula is C14H20BrN5. The molecule has 5 nitrogen and oxygen atoms in total. The van der Waals surface area contributed by atoms with Crippen molar-refractivity contribution < 1.29 is 0 Å². The fraction of sp³-hybridized carbons (Fsp3) is 0.571. The molecule has 1 aliphatic heterocycles. The van der Waals surface area contributed by atoms with Gasteiger partial charge in [0.2, 0.25) is 0 Å². The highest BCUT2D eigenvalue weighted by molar-refractivity contribution is 9.10. The second-order valence-corrected chi connectivity index (χ2v) is 6.34. The third kappa shape index (κ3) is 3.12. The fourth-order valence-electron chi connectivity index (χ4n) is 2.77. The fourth-order valence-corrected chi connectivity index (χ4v) is 3.16. The standard InChI is InChI=1S/C14H20BrN5/c1-19-7-3-11(4-8-19)2-5-16-13-14-17-6-9-20(14)10-12(15)18-13/h6,9-11H,2-5,7-8H2,1H3,(H,16,18). The summed E-state index contributed by atoms with van der Waals surface area (Å²) < 4.78 is 2.81. The zero-order valence-corrected chi connectivity index (χ0v) is 13.3. The summed E-state index contributed by atoms with van der Waals surface area (Å²) in [6, 6.07) is 0. The average Bonchev–Trinajstić information content (AvgIpc) is 2.89. The lowest BCUT2D eigenvalue weighted by Gasteiger charge is -2.28. The van der Waals surface area contributed by atoms with Crippen molar-refractivity contribution in [2.24, 2.45) is 5.92 Å². The Hall–Kier alpha value is -1.14. The maximum absolute atomic E-state index is 4.48. The summed E-state index contributed by atoms with van der Waals surface area (Å²) in [6.45, 7) is 3.41. The monoisotopic (exact) mass is 337 g/mol. The Kier molecular flexibility index (Phi) is 4.21. The number of piperidine rings is 1. The van der Waals surface area contributed by atoms with Crippen LogP contribution < -0.4 is 5.32 Å². The molecule has 2 aromatic rings. The number of nitrogens with one attached hydrogen (secondary N) is 1. The minimum atomic E-state index is 0.824. The number of aromatic nitrogens is 3. The van der Waals surface area contributed by atoms with Gasteiger partial charge >= 0.3 is 0 Å². The Labute approximate surface area is 127 Å². The second kappa shape index (κ2) is 6.10. The highest BCUT2D eigenvalue weighted by atomic mass is 79.9. The molecule has 0 amide bonds. The van der Waals surface area contributed by atoms with E-state index in [1.54, 1.807) is 6.20 Å². The molecule has 2 aromatic heterocycles. The minimum Gasteiger partial charge on any atom is -0.367 e. The number of anilines is 1. The van der Waals surface area contributed by atoms with Crippen molar-refractivity contribution in [2.75, 3.05) is 32.0 Å². The van der Waals surface area contributed by atoms with Crippen molar-refractivity contribution in [3.05, 3.63) is 23.2 Å². The van der Waals surface area contributed by atoms with Gasteiger partial charge in [-0.2, -0.15) is 0 Å². The Balaban J connectivity index is 1.58. The SMILES string of the molecule is CN1CCC(CCNc2nc(Br)cn3ccnc23)CC1. The average molecular weight is 338 g/mol. The Bertz CT molecular complexity index is 574. The van der Waals surface area contributed by atoms with Gasteiger partial charge in [0.15, 0.2) is 11.5 Å². The number of likely N-dealkylation sites (tertiary alicyclic amines) is 1. The smallest absolute Gasteiger partial charge is 0.180 e. The van der Waals surface area contributed by atoms with E-state index in [-0.39, 0.29) is 0 Å². The molecule has 1 N–H and O–H groups in total. The van der Waals surface area contributed by atoms with Gasteiger partial charge in [0.25, 0.3) is 0 Å². The maximum Gasteiger partial charge on any atom is 0.180 e. The molecule has 1 saturated heterocycles. The van der Waals surface area contributed by atoms with Gasteiger partial charge in [-0.3, -0.25) is 0 Å². The van der Waals surface area contributed by atoms with Gasteiger partial charge < -0.3 is 14.6 Å². The summed E-state index contributed by atoms with van der Waals surface area (Å²) in [5.41, 5.74) is 0.886. The number of hydrogen-bond acceptors (Lipinski definition) is 4. The van der Waals surface area contributed by atoms with Gasteiger partial charge in [-0.15, -0.1) is 0 Å². The van der Waals surface area contributed by atoms with Gasteiger partial charge in [0.1, 0.15) is 4.60 Å². The Morgan fingerprint density at radius 2 is 2.20 bits per heavy atom. The van der Waals surface area contributed by atoms with Gasteiger partial charge in [0.05, 0.1) is 0 Å². The highest BCUT2D eigenvalue weighted by Gasteiger charge is 2.16. The summed E-state index contributed by atoms with van der Waals surface area (Å²) in [6.07, 6.45) is 9.47. The first-order chi connectivity index (χ1) is 9.72. The van der Waals surface area contributed by atoms with Crippen molar-refractivity contribution in [3.63, 3.8) is 0 Å². The zero-order valence-electron chi connectivity index (χ0n) is 11.7. The number of hydrogen-bond donors (Lipinski definition) is 1. The van der Waals surface area contributed by atoms with Crippen LogP contribution >= 0.6 is 15.9 Å². The van der Waals surface area contributed by atoms with E-state index < -0.39 is 0 Å². The molecule has 1 fully saturated rings. The summed E-state index contributed by atoms with van der Waals surface area (Å²) >= 11 is 3.44. The van der Waals surface area contributed by atoms with Crippen molar-refractivity contribution >= 4 is 27.4 Å². The molecule has 0 unspecified atom stereocenters. The number of fused-ring (bicyclic) bond motifs is 1. The van der Waals surface area contributed by atoms with E-state index >= 15 is 0 Å². The Morgan fingerprint density at radius 1 is 1.40 bits per heavy atom. The van der Waals surface area contributed by atoms with Crippen molar-refractivity contribution in [3.8, 4) is 0 Å². The maximum atomic E-state index is 4.48. The first kappa shape index (κ1) is 13.8. The van der Waals surface area contributed by atoms with Gasteiger partial charge in [0, 0.05) is 25.1 Å². The number of nitrogens with zero attached hydrogens (tertiary/aromatic N) is 4. The Morgan fingerprint density at radius 3 is 3.00 bits per heavy atom. The molecule has 0 radical (unpaired) electrons. The lowest BCUT2D eigenvalue weighted by atomic mass is 9.94. The summed E-state index contributed by atoms with van der Waals surface area (Å²) in [5.74, 6) is 1.69.